The molecule has 2 heterocycles. The minimum Gasteiger partial charge on any atom is -0.497 e. The molecule has 30 heavy (non-hydrogen) atoms. The molecule has 0 saturated carbocycles. The lowest BCUT2D eigenvalue weighted by Gasteiger charge is -2.11. The number of H-pyrrole nitrogens is 1. The standard InChI is InChI=1S/C24H20N4O2/c1-15-11-22(27-26-15)28-14-25-23-20-6-4-3-5-19(20)17(13-21(23)24(28)29)12-16-7-9-18(30-2)10-8-16/h3-11,13-14H,12H2,1-2H3,(H,26,27). The summed E-state index contributed by atoms with van der Waals surface area (Å²) in [5, 5.41) is 9.74. The molecule has 0 aliphatic rings. The van der Waals surface area contributed by atoms with Gasteiger partial charge in [-0.05, 0) is 48.1 Å². The largest absolute Gasteiger partial charge is 0.497 e. The van der Waals surface area contributed by atoms with Gasteiger partial charge >= 0.3 is 0 Å². The van der Waals surface area contributed by atoms with E-state index in [4.69, 9.17) is 4.74 Å². The molecule has 0 spiro atoms. The fourth-order valence-corrected chi connectivity index (χ4v) is 3.83. The smallest absolute Gasteiger partial charge is 0.267 e. The molecule has 0 aliphatic carbocycles. The van der Waals surface area contributed by atoms with Crippen molar-refractivity contribution in [3.8, 4) is 11.6 Å². The van der Waals surface area contributed by atoms with Gasteiger partial charge in [0.2, 0.25) is 0 Å². The van der Waals surface area contributed by atoms with Crippen LogP contribution in [0, 0.1) is 6.92 Å². The number of nitrogens with zero attached hydrogens (tertiary/aromatic N) is 3. The molecule has 0 radical (unpaired) electrons. The molecule has 6 heteroatoms. The van der Waals surface area contributed by atoms with Crippen LogP contribution in [0.5, 0.6) is 5.75 Å². The van der Waals surface area contributed by atoms with E-state index >= 15 is 0 Å². The van der Waals surface area contributed by atoms with Crippen LogP contribution in [0.25, 0.3) is 27.5 Å². The van der Waals surface area contributed by atoms with Crippen LogP contribution in [0.3, 0.4) is 0 Å². The summed E-state index contributed by atoms with van der Waals surface area (Å²) in [5.41, 5.74) is 3.69. The maximum atomic E-state index is 13.3. The van der Waals surface area contributed by atoms with Gasteiger partial charge in [0.1, 0.15) is 12.1 Å². The van der Waals surface area contributed by atoms with Gasteiger partial charge < -0.3 is 4.74 Å². The first kappa shape index (κ1) is 18.1. The predicted octanol–water partition coefficient (Wildman–Crippen LogP) is 4.17. The van der Waals surface area contributed by atoms with Gasteiger partial charge in [0, 0.05) is 17.1 Å². The Balaban J connectivity index is 1.72. The molecule has 5 aromatic rings. The van der Waals surface area contributed by atoms with E-state index in [9.17, 15) is 4.79 Å². The zero-order valence-electron chi connectivity index (χ0n) is 16.7. The highest BCUT2D eigenvalue weighted by Crippen LogP contribution is 2.28. The van der Waals surface area contributed by atoms with Crippen LogP contribution < -0.4 is 10.3 Å². The molecule has 148 valence electrons. The average molecular weight is 396 g/mol. The van der Waals surface area contributed by atoms with E-state index in [1.54, 1.807) is 13.4 Å². The number of aryl methyl sites for hydroxylation is 1. The summed E-state index contributed by atoms with van der Waals surface area (Å²) in [7, 11) is 1.66. The highest BCUT2D eigenvalue weighted by molar-refractivity contribution is 6.06. The molecule has 0 aliphatic heterocycles. The molecule has 6 nitrogen and oxygen atoms in total. The summed E-state index contributed by atoms with van der Waals surface area (Å²) in [4.78, 5) is 17.9. The SMILES string of the molecule is COc1ccc(Cc2cc3c(=O)n(-c4cc(C)[nH]n4)cnc3c3ccccc23)cc1. The van der Waals surface area contributed by atoms with Gasteiger partial charge in [0.25, 0.3) is 5.56 Å². The number of hydrogen-bond donors (Lipinski definition) is 1. The van der Waals surface area contributed by atoms with E-state index in [1.165, 1.54) is 4.57 Å². The number of ether oxygens (including phenoxy) is 1. The third-order valence-electron chi connectivity index (χ3n) is 5.35. The molecule has 0 fully saturated rings. The summed E-state index contributed by atoms with van der Waals surface area (Å²) in [6.45, 7) is 1.90. The molecule has 3 aromatic carbocycles. The van der Waals surface area contributed by atoms with Crippen LogP contribution in [-0.2, 0) is 6.42 Å². The molecule has 0 amide bonds. The third-order valence-corrected chi connectivity index (χ3v) is 5.35. The zero-order chi connectivity index (χ0) is 20.7. The Labute approximate surface area is 172 Å². The van der Waals surface area contributed by atoms with Crippen molar-refractivity contribution in [2.45, 2.75) is 13.3 Å². The number of hydrogen-bond acceptors (Lipinski definition) is 4. The average Bonchev–Trinajstić information content (AvgIpc) is 3.21. The van der Waals surface area contributed by atoms with Crippen LogP contribution in [0.2, 0.25) is 0 Å². The molecule has 1 N–H and O–H groups in total. The number of fused-ring (bicyclic) bond motifs is 3. The van der Waals surface area contributed by atoms with Crippen LogP contribution in [0.1, 0.15) is 16.8 Å². The van der Waals surface area contributed by atoms with Crippen molar-refractivity contribution in [2.24, 2.45) is 0 Å². The third kappa shape index (κ3) is 3.03. The monoisotopic (exact) mass is 396 g/mol. The first-order valence-electron chi connectivity index (χ1n) is 9.71. The Morgan fingerprint density at radius 2 is 1.77 bits per heavy atom. The van der Waals surface area contributed by atoms with Gasteiger partial charge in [-0.15, -0.1) is 0 Å². The van der Waals surface area contributed by atoms with Gasteiger partial charge in [-0.25, -0.2) is 9.55 Å². The normalized spacial score (nSPS) is 11.3. The van der Waals surface area contributed by atoms with Gasteiger partial charge in [-0.2, -0.15) is 5.10 Å². The molecule has 0 atom stereocenters. The van der Waals surface area contributed by atoms with Crippen LogP contribution >= 0.6 is 0 Å². The Morgan fingerprint density at radius 3 is 2.47 bits per heavy atom. The summed E-state index contributed by atoms with van der Waals surface area (Å²) >= 11 is 0. The fraction of sp³-hybridized carbons (Fsp3) is 0.125. The van der Waals surface area contributed by atoms with Crippen molar-refractivity contribution >= 4 is 21.7 Å². The van der Waals surface area contributed by atoms with E-state index in [0.29, 0.717) is 23.1 Å². The molecule has 0 saturated heterocycles. The van der Waals surface area contributed by atoms with Gasteiger partial charge in [-0.1, -0.05) is 36.4 Å². The number of nitrogens with one attached hydrogen (secondary N) is 1. The number of benzene rings is 3. The summed E-state index contributed by atoms with van der Waals surface area (Å²) in [6, 6.07) is 19.9. The van der Waals surface area contributed by atoms with Gasteiger partial charge in [-0.3, -0.25) is 9.89 Å². The van der Waals surface area contributed by atoms with E-state index < -0.39 is 0 Å². The highest BCUT2D eigenvalue weighted by Gasteiger charge is 2.14. The molecular formula is C24H20N4O2. The Hall–Kier alpha value is -3.93. The van der Waals surface area contributed by atoms with E-state index in [2.05, 4.69) is 21.2 Å². The van der Waals surface area contributed by atoms with Crippen molar-refractivity contribution in [3.63, 3.8) is 0 Å². The molecule has 5 rings (SSSR count). The van der Waals surface area contributed by atoms with Crippen LogP contribution in [0.15, 0.2) is 71.8 Å². The van der Waals surface area contributed by atoms with Crippen LogP contribution in [0.4, 0.5) is 0 Å². The summed E-state index contributed by atoms with van der Waals surface area (Å²) in [6.07, 6.45) is 2.26. The zero-order valence-corrected chi connectivity index (χ0v) is 16.7. The van der Waals surface area contributed by atoms with E-state index in [0.717, 1.165) is 33.3 Å². The quantitative estimate of drug-likeness (QED) is 0.463. The van der Waals surface area contributed by atoms with Crippen molar-refractivity contribution in [1.29, 1.82) is 0 Å². The number of aromatic nitrogens is 4. The number of aromatic amines is 1. The lowest BCUT2D eigenvalue weighted by molar-refractivity contribution is 0.414. The second kappa shape index (κ2) is 7.15. The van der Waals surface area contributed by atoms with E-state index in [1.807, 2.05) is 61.5 Å². The lowest BCUT2D eigenvalue weighted by atomic mass is 9.96. The van der Waals surface area contributed by atoms with Gasteiger partial charge in [0.15, 0.2) is 5.82 Å². The Bertz CT molecular complexity index is 1430. The maximum absolute atomic E-state index is 13.3. The topological polar surface area (TPSA) is 72.8 Å². The van der Waals surface area contributed by atoms with Crippen molar-refractivity contribution in [3.05, 3.63) is 94.2 Å². The summed E-state index contributed by atoms with van der Waals surface area (Å²) in [5.74, 6) is 1.36. The molecule has 0 bridgehead atoms. The number of methoxy groups -OCH3 is 1. The Kier molecular flexibility index (Phi) is 4.32. The van der Waals surface area contributed by atoms with Crippen molar-refractivity contribution < 1.29 is 4.74 Å². The fourth-order valence-electron chi connectivity index (χ4n) is 3.83. The molecule has 2 aromatic heterocycles. The molecule has 0 unspecified atom stereocenters. The summed E-state index contributed by atoms with van der Waals surface area (Å²) < 4.78 is 6.74. The second-order valence-electron chi connectivity index (χ2n) is 7.33. The predicted molar refractivity (Wildman–Crippen MR) is 118 cm³/mol. The van der Waals surface area contributed by atoms with Crippen LogP contribution in [-0.4, -0.2) is 26.9 Å². The second-order valence-corrected chi connectivity index (χ2v) is 7.33. The van der Waals surface area contributed by atoms with E-state index in [-0.39, 0.29) is 5.56 Å². The maximum Gasteiger partial charge on any atom is 0.267 e. The highest BCUT2D eigenvalue weighted by atomic mass is 16.5. The minimum atomic E-state index is -0.131. The lowest BCUT2D eigenvalue weighted by Crippen LogP contribution is -2.19. The Morgan fingerprint density at radius 1 is 1.00 bits per heavy atom. The first-order valence-corrected chi connectivity index (χ1v) is 9.71. The van der Waals surface area contributed by atoms with Gasteiger partial charge in [0.05, 0.1) is 18.0 Å². The van der Waals surface area contributed by atoms with Crippen molar-refractivity contribution in [1.82, 2.24) is 19.7 Å². The number of rotatable bonds is 4. The first-order chi connectivity index (χ1) is 14.6. The van der Waals surface area contributed by atoms with Crippen molar-refractivity contribution in [2.75, 3.05) is 7.11 Å². The molecular weight excluding hydrogens is 376 g/mol. The minimum absolute atomic E-state index is 0.131.